The third-order valence-corrected chi connectivity index (χ3v) is 2.33. The van der Waals surface area contributed by atoms with Crippen molar-refractivity contribution in [1.82, 2.24) is 15.3 Å². The lowest BCUT2D eigenvalue weighted by molar-refractivity contribution is 0.0950. The first-order valence-corrected chi connectivity index (χ1v) is 5.35. The smallest absolute Gasteiger partial charge is 0.251 e. The Morgan fingerprint density at radius 2 is 2.24 bits per heavy atom. The van der Waals surface area contributed by atoms with Crippen LogP contribution in [0.15, 0.2) is 42.9 Å². The lowest BCUT2D eigenvalue weighted by Gasteiger charge is -2.05. The first-order valence-electron chi connectivity index (χ1n) is 5.35. The number of amides is 1. The summed E-state index contributed by atoms with van der Waals surface area (Å²) in [5.41, 5.74) is 2.44. The molecular weight excluding hydrogens is 214 g/mol. The van der Waals surface area contributed by atoms with E-state index in [2.05, 4.69) is 15.3 Å². The number of rotatable bonds is 3. The molecule has 0 bridgehead atoms. The average Bonchev–Trinajstić information content (AvgIpc) is 2.37. The average molecular weight is 227 g/mol. The van der Waals surface area contributed by atoms with Crippen LogP contribution in [0.4, 0.5) is 0 Å². The van der Waals surface area contributed by atoms with E-state index < -0.39 is 0 Å². The molecule has 0 atom stereocenters. The minimum Gasteiger partial charge on any atom is -0.348 e. The Morgan fingerprint density at radius 3 is 2.94 bits per heavy atom. The lowest BCUT2D eigenvalue weighted by Crippen LogP contribution is -2.22. The van der Waals surface area contributed by atoms with E-state index in [1.165, 1.54) is 0 Å². The predicted octanol–water partition coefficient (Wildman–Crippen LogP) is 1.72. The lowest BCUT2D eigenvalue weighted by atomic mass is 10.2. The zero-order chi connectivity index (χ0) is 12.1. The number of hydrogen-bond donors (Lipinski definition) is 1. The van der Waals surface area contributed by atoms with E-state index in [4.69, 9.17) is 0 Å². The Bertz CT molecular complexity index is 511. The molecule has 0 saturated carbocycles. The molecule has 1 amide bonds. The van der Waals surface area contributed by atoms with Crippen LogP contribution in [0.2, 0.25) is 0 Å². The van der Waals surface area contributed by atoms with Crippen LogP contribution < -0.4 is 5.32 Å². The molecule has 4 heteroatoms. The molecule has 1 N–H and O–H groups in total. The Hall–Kier alpha value is -2.23. The van der Waals surface area contributed by atoms with Gasteiger partial charge in [-0.2, -0.15) is 0 Å². The molecule has 2 aromatic heterocycles. The van der Waals surface area contributed by atoms with Gasteiger partial charge in [-0.05, 0) is 30.7 Å². The van der Waals surface area contributed by atoms with E-state index in [0.29, 0.717) is 12.1 Å². The van der Waals surface area contributed by atoms with E-state index in [1.54, 1.807) is 30.7 Å². The molecule has 0 radical (unpaired) electrons. The predicted molar refractivity (Wildman–Crippen MR) is 64.4 cm³/mol. The number of carbonyl (C=O) groups excluding carboxylic acids is 1. The maximum absolute atomic E-state index is 11.8. The van der Waals surface area contributed by atoms with Crippen molar-refractivity contribution in [1.29, 1.82) is 0 Å². The van der Waals surface area contributed by atoms with Gasteiger partial charge in [0.2, 0.25) is 0 Å². The maximum atomic E-state index is 11.8. The van der Waals surface area contributed by atoms with Crippen LogP contribution in [-0.2, 0) is 6.54 Å². The fourth-order valence-electron chi connectivity index (χ4n) is 1.47. The molecule has 2 heterocycles. The van der Waals surface area contributed by atoms with Crippen LogP contribution in [0, 0.1) is 6.92 Å². The van der Waals surface area contributed by atoms with Crippen molar-refractivity contribution in [3.8, 4) is 0 Å². The van der Waals surface area contributed by atoms with Gasteiger partial charge in [-0.15, -0.1) is 0 Å². The number of nitrogens with one attached hydrogen (secondary N) is 1. The molecule has 0 fully saturated rings. The van der Waals surface area contributed by atoms with Crippen molar-refractivity contribution in [2.45, 2.75) is 13.5 Å². The van der Waals surface area contributed by atoms with Crippen LogP contribution >= 0.6 is 0 Å². The Labute approximate surface area is 99.7 Å². The van der Waals surface area contributed by atoms with Crippen molar-refractivity contribution in [2.24, 2.45) is 0 Å². The van der Waals surface area contributed by atoms with E-state index in [0.717, 1.165) is 11.3 Å². The van der Waals surface area contributed by atoms with E-state index in [1.807, 2.05) is 19.1 Å². The second kappa shape index (κ2) is 5.21. The van der Waals surface area contributed by atoms with Crippen LogP contribution in [0.25, 0.3) is 0 Å². The molecule has 4 nitrogen and oxygen atoms in total. The second-order valence-electron chi connectivity index (χ2n) is 3.73. The normalized spacial score (nSPS) is 9.94. The summed E-state index contributed by atoms with van der Waals surface area (Å²) in [5, 5.41) is 2.84. The van der Waals surface area contributed by atoms with Crippen molar-refractivity contribution >= 4 is 5.91 Å². The van der Waals surface area contributed by atoms with Crippen molar-refractivity contribution < 1.29 is 4.79 Å². The van der Waals surface area contributed by atoms with Gasteiger partial charge in [0.1, 0.15) is 0 Å². The molecule has 17 heavy (non-hydrogen) atoms. The van der Waals surface area contributed by atoms with Gasteiger partial charge in [-0.3, -0.25) is 14.8 Å². The van der Waals surface area contributed by atoms with Gasteiger partial charge in [0.25, 0.3) is 5.91 Å². The number of aryl methyl sites for hydroxylation is 1. The summed E-state index contributed by atoms with van der Waals surface area (Å²) in [7, 11) is 0. The van der Waals surface area contributed by atoms with Gasteiger partial charge in [-0.25, -0.2) is 0 Å². The topological polar surface area (TPSA) is 54.9 Å². The molecular formula is C13H13N3O. The fraction of sp³-hybridized carbons (Fsp3) is 0.154. The number of carbonyl (C=O) groups is 1. The third kappa shape index (κ3) is 3.11. The summed E-state index contributed by atoms with van der Waals surface area (Å²) in [6, 6.07) is 7.23. The summed E-state index contributed by atoms with van der Waals surface area (Å²) in [5.74, 6) is -0.0978. The molecule has 0 spiro atoms. The first-order chi connectivity index (χ1) is 8.25. The largest absolute Gasteiger partial charge is 0.348 e. The Kier molecular flexibility index (Phi) is 3.45. The van der Waals surface area contributed by atoms with E-state index in [-0.39, 0.29) is 5.91 Å². The second-order valence-corrected chi connectivity index (χ2v) is 3.73. The van der Waals surface area contributed by atoms with E-state index in [9.17, 15) is 4.79 Å². The summed E-state index contributed by atoms with van der Waals surface area (Å²) in [6.07, 6.45) is 5.07. The highest BCUT2D eigenvalue weighted by Crippen LogP contribution is 2.01. The summed E-state index contributed by atoms with van der Waals surface area (Å²) in [6.45, 7) is 2.34. The molecule has 0 aliphatic rings. The minimum atomic E-state index is -0.0978. The molecule has 0 unspecified atom stereocenters. The van der Waals surface area contributed by atoms with Gasteiger partial charge in [0.05, 0.1) is 0 Å². The van der Waals surface area contributed by atoms with Crippen LogP contribution in [-0.4, -0.2) is 15.9 Å². The van der Waals surface area contributed by atoms with Gasteiger partial charge in [-0.1, -0.05) is 6.07 Å². The molecule has 2 aromatic rings. The van der Waals surface area contributed by atoms with Crippen molar-refractivity contribution in [3.05, 3.63) is 59.7 Å². The highest BCUT2D eigenvalue weighted by atomic mass is 16.1. The summed E-state index contributed by atoms with van der Waals surface area (Å²) in [4.78, 5) is 19.8. The first kappa shape index (κ1) is 11.3. The van der Waals surface area contributed by atoms with Gasteiger partial charge in [0.15, 0.2) is 0 Å². The van der Waals surface area contributed by atoms with Crippen LogP contribution in [0.5, 0.6) is 0 Å². The zero-order valence-electron chi connectivity index (χ0n) is 9.55. The third-order valence-electron chi connectivity index (χ3n) is 2.33. The zero-order valence-corrected chi connectivity index (χ0v) is 9.55. The van der Waals surface area contributed by atoms with Crippen molar-refractivity contribution in [3.63, 3.8) is 0 Å². The Morgan fingerprint density at radius 1 is 1.35 bits per heavy atom. The number of pyridine rings is 2. The van der Waals surface area contributed by atoms with E-state index >= 15 is 0 Å². The fourth-order valence-corrected chi connectivity index (χ4v) is 1.47. The molecule has 86 valence electrons. The monoisotopic (exact) mass is 227 g/mol. The number of nitrogens with zero attached hydrogens (tertiary/aromatic N) is 2. The van der Waals surface area contributed by atoms with Crippen LogP contribution in [0.1, 0.15) is 21.6 Å². The molecule has 2 rings (SSSR count). The summed E-state index contributed by atoms with van der Waals surface area (Å²) < 4.78 is 0. The highest BCUT2D eigenvalue weighted by Gasteiger charge is 2.05. The standard InChI is InChI=1S/C13H13N3O/c1-10-7-12(4-6-15-10)13(17)16-9-11-3-2-5-14-8-11/h2-8H,9H2,1H3,(H,16,17). The van der Waals surface area contributed by atoms with Gasteiger partial charge >= 0.3 is 0 Å². The van der Waals surface area contributed by atoms with Crippen molar-refractivity contribution in [2.75, 3.05) is 0 Å². The summed E-state index contributed by atoms with van der Waals surface area (Å²) >= 11 is 0. The molecule has 0 aliphatic heterocycles. The van der Waals surface area contributed by atoms with Gasteiger partial charge < -0.3 is 5.32 Å². The molecule has 0 aliphatic carbocycles. The maximum Gasteiger partial charge on any atom is 0.251 e. The van der Waals surface area contributed by atoms with Crippen LogP contribution in [0.3, 0.4) is 0 Å². The number of aromatic nitrogens is 2. The molecule has 0 saturated heterocycles. The van der Waals surface area contributed by atoms with Gasteiger partial charge in [0, 0.05) is 36.4 Å². The quantitative estimate of drug-likeness (QED) is 0.868. The highest BCUT2D eigenvalue weighted by molar-refractivity contribution is 5.94. The number of hydrogen-bond acceptors (Lipinski definition) is 3. The molecule has 0 aromatic carbocycles. The SMILES string of the molecule is Cc1cc(C(=O)NCc2cccnc2)ccn1. The minimum absolute atomic E-state index is 0.0978. The Balaban J connectivity index is 1.98.